The van der Waals surface area contributed by atoms with Gasteiger partial charge in [0.25, 0.3) is 5.91 Å². The molecule has 11 heteroatoms. The summed E-state index contributed by atoms with van der Waals surface area (Å²) in [6.07, 6.45) is -0.356. The van der Waals surface area contributed by atoms with Crippen molar-refractivity contribution in [3.8, 4) is 0 Å². The molecule has 1 heterocycles. The van der Waals surface area contributed by atoms with E-state index in [9.17, 15) is 19.2 Å². The van der Waals surface area contributed by atoms with Crippen molar-refractivity contribution >= 4 is 35.3 Å². The third kappa shape index (κ3) is 11.6. The minimum atomic E-state index is -0.860. The monoisotopic (exact) mass is 651 g/mol. The van der Waals surface area contributed by atoms with Crippen LogP contribution in [-0.4, -0.2) is 53.7 Å². The van der Waals surface area contributed by atoms with Crippen molar-refractivity contribution in [1.29, 1.82) is 0 Å². The van der Waals surface area contributed by atoms with E-state index in [-0.39, 0.29) is 30.0 Å². The lowest BCUT2D eigenvalue weighted by atomic mass is 9.96. The normalized spacial score (nSPS) is 14.0. The third-order valence-corrected chi connectivity index (χ3v) is 8.10. The fraction of sp³-hybridized carbons (Fsp3) is 0.457. The number of ether oxygens (including phenoxy) is 3. The third-order valence-electron chi connectivity index (χ3n) is 7.17. The Morgan fingerprint density at radius 1 is 0.891 bits per heavy atom. The number of nitrogens with zero attached hydrogens (tertiary/aromatic N) is 1. The molecule has 0 fully saturated rings. The number of hydrogen-bond acceptors (Lipinski definition) is 9. The number of hydrogen-bond donors (Lipinski definition) is 2. The topological polar surface area (TPSA) is 133 Å². The molecule has 0 aliphatic heterocycles. The highest BCUT2D eigenvalue weighted by molar-refractivity contribution is 7.09. The summed E-state index contributed by atoms with van der Waals surface area (Å²) in [5.41, 5.74) is 0.849. The summed E-state index contributed by atoms with van der Waals surface area (Å²) in [4.78, 5) is 56.1. The van der Waals surface area contributed by atoms with Crippen LogP contribution in [0.5, 0.6) is 0 Å². The van der Waals surface area contributed by atoms with E-state index in [2.05, 4.69) is 15.6 Å². The van der Waals surface area contributed by atoms with Crippen LogP contribution in [-0.2, 0) is 25.4 Å². The highest BCUT2D eigenvalue weighted by Gasteiger charge is 2.30. The van der Waals surface area contributed by atoms with Crippen LogP contribution in [0.25, 0.3) is 0 Å². The Hall–Kier alpha value is -4.25. The van der Waals surface area contributed by atoms with Gasteiger partial charge in [0.05, 0.1) is 18.6 Å². The lowest BCUT2D eigenvalue weighted by Gasteiger charge is -2.28. The minimum Gasteiger partial charge on any atom is -0.469 e. The van der Waals surface area contributed by atoms with E-state index < -0.39 is 41.6 Å². The van der Waals surface area contributed by atoms with Gasteiger partial charge in [0.1, 0.15) is 16.3 Å². The number of benzene rings is 2. The molecule has 0 radical (unpaired) electrons. The molecular weight excluding hydrogens is 606 g/mol. The van der Waals surface area contributed by atoms with E-state index in [0.717, 1.165) is 5.56 Å². The molecule has 248 valence electrons. The van der Waals surface area contributed by atoms with Crippen molar-refractivity contribution in [2.24, 2.45) is 11.8 Å². The summed E-state index contributed by atoms with van der Waals surface area (Å²) in [5, 5.41) is 7.96. The number of carbonyl (C=O) groups excluding carboxylic acids is 4. The van der Waals surface area contributed by atoms with Crippen LogP contribution in [0.1, 0.15) is 91.9 Å². The molecule has 10 nitrogen and oxygen atoms in total. The first-order valence-corrected chi connectivity index (χ1v) is 16.3. The zero-order valence-corrected chi connectivity index (χ0v) is 28.4. The maximum atomic E-state index is 13.5. The molecule has 4 atom stereocenters. The molecule has 0 aliphatic rings. The summed E-state index contributed by atoms with van der Waals surface area (Å²) in [6, 6.07) is 17.5. The van der Waals surface area contributed by atoms with Crippen LogP contribution in [0.2, 0.25) is 0 Å². The summed E-state index contributed by atoms with van der Waals surface area (Å²) in [7, 11) is 1.34. The van der Waals surface area contributed by atoms with Crippen molar-refractivity contribution in [1.82, 2.24) is 15.6 Å². The molecule has 2 aromatic carbocycles. The number of nitrogens with one attached hydrogen (secondary N) is 2. The van der Waals surface area contributed by atoms with Gasteiger partial charge in [0.2, 0.25) is 0 Å². The van der Waals surface area contributed by atoms with E-state index in [0.29, 0.717) is 23.4 Å². The van der Waals surface area contributed by atoms with E-state index in [1.807, 2.05) is 44.2 Å². The van der Waals surface area contributed by atoms with E-state index in [4.69, 9.17) is 14.2 Å². The first-order valence-electron chi connectivity index (χ1n) is 15.4. The standard InChI is InChI=1S/C35H45N3O7S/c1-22(2)27(38-34(42)45-35(4,5)6)20-29(44-33(41)25-16-12-9-13-17-25)31-37-28(21-46-31)30(39)36-26(18-23(3)32(40)43-7)19-24-14-10-8-11-15-24/h8-17,21-23,26-27,29H,18-20H2,1-7H3,(H,36,39)(H,38,42)/t23-,26+,27+,29+/m0/s1. The highest BCUT2D eigenvalue weighted by atomic mass is 32.1. The Balaban J connectivity index is 1.85. The fourth-order valence-electron chi connectivity index (χ4n) is 4.77. The van der Waals surface area contributed by atoms with Gasteiger partial charge < -0.3 is 24.8 Å². The molecule has 0 saturated carbocycles. The Bertz CT molecular complexity index is 1440. The molecule has 1 aromatic heterocycles. The maximum Gasteiger partial charge on any atom is 0.407 e. The van der Waals surface area contributed by atoms with Gasteiger partial charge in [-0.05, 0) is 57.2 Å². The van der Waals surface area contributed by atoms with Crippen molar-refractivity contribution < 1.29 is 33.4 Å². The molecule has 0 spiro atoms. The second kappa shape index (κ2) is 16.9. The second-order valence-electron chi connectivity index (χ2n) is 12.6. The second-order valence-corrected chi connectivity index (χ2v) is 13.5. The fourth-order valence-corrected chi connectivity index (χ4v) is 5.61. The molecule has 0 saturated heterocycles. The lowest BCUT2D eigenvalue weighted by Crippen LogP contribution is -2.42. The Morgan fingerprint density at radius 3 is 2.11 bits per heavy atom. The number of alkyl carbamates (subject to hydrolysis) is 1. The quantitative estimate of drug-likeness (QED) is 0.149. The number of carbonyl (C=O) groups is 4. The number of thiazole rings is 1. The van der Waals surface area contributed by atoms with E-state index in [1.54, 1.807) is 63.4 Å². The number of esters is 2. The van der Waals surface area contributed by atoms with Gasteiger partial charge in [0.15, 0.2) is 6.10 Å². The van der Waals surface area contributed by atoms with Crippen LogP contribution in [0, 0.1) is 11.8 Å². The first kappa shape index (κ1) is 36.2. The summed E-state index contributed by atoms with van der Waals surface area (Å²) >= 11 is 1.19. The lowest BCUT2D eigenvalue weighted by molar-refractivity contribution is -0.145. The molecule has 2 N–H and O–H groups in total. The predicted molar refractivity (Wildman–Crippen MR) is 177 cm³/mol. The molecule has 0 aliphatic carbocycles. The Labute approximate surface area is 275 Å². The average Bonchev–Trinajstić information content (AvgIpc) is 3.50. The Morgan fingerprint density at radius 2 is 1.52 bits per heavy atom. The number of aromatic nitrogens is 1. The average molecular weight is 652 g/mol. The number of amides is 2. The molecule has 0 bridgehead atoms. The van der Waals surface area contributed by atoms with Crippen LogP contribution < -0.4 is 10.6 Å². The SMILES string of the molecule is COC(=O)[C@@H](C)C[C@H](Cc1ccccc1)NC(=O)c1csc([C@@H](C[C@@H](NC(=O)OC(C)(C)C)C(C)C)OC(=O)c2ccccc2)n1. The summed E-state index contributed by atoms with van der Waals surface area (Å²) in [5.74, 6) is -1.79. The maximum absolute atomic E-state index is 13.5. The van der Waals surface area contributed by atoms with Gasteiger partial charge in [-0.1, -0.05) is 69.3 Å². The van der Waals surface area contributed by atoms with Gasteiger partial charge in [-0.15, -0.1) is 11.3 Å². The predicted octanol–water partition coefficient (Wildman–Crippen LogP) is 6.52. The van der Waals surface area contributed by atoms with E-state index in [1.165, 1.54) is 18.4 Å². The molecule has 0 unspecified atom stereocenters. The van der Waals surface area contributed by atoms with Crippen LogP contribution >= 0.6 is 11.3 Å². The van der Waals surface area contributed by atoms with Crippen LogP contribution in [0.4, 0.5) is 4.79 Å². The zero-order valence-electron chi connectivity index (χ0n) is 27.6. The van der Waals surface area contributed by atoms with Gasteiger partial charge in [0, 0.05) is 23.9 Å². The van der Waals surface area contributed by atoms with Crippen LogP contribution in [0.15, 0.2) is 66.0 Å². The molecule has 3 aromatic rings. The van der Waals surface area contributed by atoms with Crippen molar-refractivity contribution in [2.45, 2.75) is 84.6 Å². The molecule has 2 amide bonds. The molecule has 46 heavy (non-hydrogen) atoms. The van der Waals surface area contributed by atoms with Gasteiger partial charge in [-0.3, -0.25) is 9.59 Å². The molecule has 3 rings (SSSR count). The number of methoxy groups -OCH3 is 1. The first-order chi connectivity index (χ1) is 21.8. The molecular formula is C35H45N3O7S. The zero-order chi connectivity index (χ0) is 33.9. The summed E-state index contributed by atoms with van der Waals surface area (Å²) in [6.45, 7) is 11.0. The van der Waals surface area contributed by atoms with Gasteiger partial charge >= 0.3 is 18.0 Å². The van der Waals surface area contributed by atoms with Crippen molar-refractivity contribution in [3.63, 3.8) is 0 Å². The van der Waals surface area contributed by atoms with Crippen LogP contribution in [0.3, 0.4) is 0 Å². The van der Waals surface area contributed by atoms with Gasteiger partial charge in [-0.2, -0.15) is 0 Å². The smallest absolute Gasteiger partial charge is 0.407 e. The minimum absolute atomic E-state index is 0.0382. The number of rotatable bonds is 14. The van der Waals surface area contributed by atoms with Crippen molar-refractivity contribution in [2.75, 3.05) is 7.11 Å². The Kier molecular flexibility index (Phi) is 13.3. The summed E-state index contributed by atoms with van der Waals surface area (Å²) < 4.78 is 16.3. The van der Waals surface area contributed by atoms with Gasteiger partial charge in [-0.25, -0.2) is 14.6 Å². The largest absolute Gasteiger partial charge is 0.469 e. The van der Waals surface area contributed by atoms with Crippen molar-refractivity contribution in [3.05, 3.63) is 87.9 Å². The highest BCUT2D eigenvalue weighted by Crippen LogP contribution is 2.30. The van der Waals surface area contributed by atoms with E-state index >= 15 is 0 Å².